The molecule has 0 aliphatic carbocycles. The first-order chi connectivity index (χ1) is 11.5. The number of methoxy groups -OCH3 is 2. The molecule has 1 aliphatic heterocycles. The Bertz CT molecular complexity index is 629. The van der Waals surface area contributed by atoms with Gasteiger partial charge in [0.2, 0.25) is 5.91 Å². The number of anilines is 1. The Morgan fingerprint density at radius 2 is 1.83 bits per heavy atom. The predicted octanol–water partition coefficient (Wildman–Crippen LogP) is 2.49. The lowest BCUT2D eigenvalue weighted by molar-refractivity contribution is -0.117. The maximum Gasteiger partial charge on any atom is 0.238 e. The van der Waals surface area contributed by atoms with E-state index in [-0.39, 0.29) is 5.91 Å². The van der Waals surface area contributed by atoms with E-state index in [4.69, 9.17) is 9.47 Å². The number of carbonyl (C=O) groups is 1. The van der Waals surface area contributed by atoms with Gasteiger partial charge in [-0.15, -0.1) is 0 Å². The van der Waals surface area contributed by atoms with Gasteiger partial charge < -0.3 is 14.8 Å². The van der Waals surface area contributed by atoms with Crippen LogP contribution in [0, 0.1) is 23.2 Å². The van der Waals surface area contributed by atoms with Crippen molar-refractivity contribution >= 4 is 11.6 Å². The lowest BCUT2D eigenvalue weighted by atomic mass is 9.92. The SMILES string of the molecule is COc1cc(C#N)c(NC(=O)CN2C[C@H](C)C[C@@H](C)C2)cc1OC. The highest BCUT2D eigenvalue weighted by Gasteiger charge is 2.23. The quantitative estimate of drug-likeness (QED) is 0.897. The molecule has 2 rings (SSSR count). The number of nitrogens with one attached hydrogen (secondary N) is 1. The number of amides is 1. The first-order valence-electron chi connectivity index (χ1n) is 8.15. The van der Waals surface area contributed by atoms with Crippen LogP contribution in [0.4, 0.5) is 5.69 Å². The Balaban J connectivity index is 2.09. The molecule has 24 heavy (non-hydrogen) atoms. The molecule has 0 radical (unpaired) electrons. The molecule has 1 fully saturated rings. The maximum absolute atomic E-state index is 12.4. The molecule has 1 aliphatic rings. The Morgan fingerprint density at radius 1 is 1.25 bits per heavy atom. The van der Waals surface area contributed by atoms with Crippen LogP contribution in [0.1, 0.15) is 25.8 Å². The molecule has 0 bridgehead atoms. The molecule has 0 saturated carbocycles. The van der Waals surface area contributed by atoms with E-state index in [0.29, 0.717) is 41.1 Å². The Hall–Kier alpha value is -2.26. The highest BCUT2D eigenvalue weighted by Crippen LogP contribution is 2.33. The number of rotatable bonds is 5. The average molecular weight is 331 g/mol. The number of nitrogens with zero attached hydrogens (tertiary/aromatic N) is 2. The maximum atomic E-state index is 12.4. The zero-order valence-electron chi connectivity index (χ0n) is 14.8. The molecule has 1 aromatic rings. The number of likely N-dealkylation sites (tertiary alicyclic amines) is 1. The summed E-state index contributed by atoms with van der Waals surface area (Å²) in [6.45, 7) is 6.60. The second kappa shape index (κ2) is 8.02. The largest absolute Gasteiger partial charge is 0.493 e. The van der Waals surface area contributed by atoms with Crippen LogP contribution in [0.2, 0.25) is 0 Å². The summed E-state index contributed by atoms with van der Waals surface area (Å²) in [5.41, 5.74) is 0.791. The second-order valence-corrected chi connectivity index (χ2v) is 6.55. The summed E-state index contributed by atoms with van der Waals surface area (Å²) < 4.78 is 10.4. The van der Waals surface area contributed by atoms with Crippen LogP contribution in [0.3, 0.4) is 0 Å². The summed E-state index contributed by atoms with van der Waals surface area (Å²) >= 11 is 0. The molecule has 2 atom stereocenters. The van der Waals surface area contributed by atoms with Gasteiger partial charge in [-0.2, -0.15) is 5.26 Å². The van der Waals surface area contributed by atoms with Crippen molar-refractivity contribution < 1.29 is 14.3 Å². The molecule has 1 amide bonds. The standard InChI is InChI=1S/C18H25N3O3/c1-12-5-13(2)10-21(9-12)11-18(22)20-15-7-17(24-4)16(23-3)6-14(15)8-19/h6-7,12-13H,5,9-11H2,1-4H3,(H,20,22)/t12-,13-/m1/s1. The third-order valence-corrected chi connectivity index (χ3v) is 4.23. The number of piperidine rings is 1. The van der Waals surface area contributed by atoms with Crippen LogP contribution in [0.15, 0.2) is 12.1 Å². The summed E-state index contributed by atoms with van der Waals surface area (Å²) in [5.74, 6) is 2.01. The normalized spacial score (nSPS) is 21.0. The Labute approximate surface area is 143 Å². The van der Waals surface area contributed by atoms with Crippen molar-refractivity contribution in [2.75, 3.05) is 39.2 Å². The number of nitriles is 1. The molecular formula is C18H25N3O3. The van der Waals surface area contributed by atoms with Crippen LogP contribution < -0.4 is 14.8 Å². The van der Waals surface area contributed by atoms with Crippen molar-refractivity contribution in [1.82, 2.24) is 4.90 Å². The smallest absolute Gasteiger partial charge is 0.238 e. The highest BCUT2D eigenvalue weighted by atomic mass is 16.5. The van der Waals surface area contributed by atoms with Crippen molar-refractivity contribution in [1.29, 1.82) is 5.26 Å². The zero-order chi connectivity index (χ0) is 17.7. The van der Waals surface area contributed by atoms with Gasteiger partial charge >= 0.3 is 0 Å². The minimum atomic E-state index is -0.125. The van der Waals surface area contributed by atoms with Gasteiger partial charge in [0.05, 0.1) is 32.0 Å². The van der Waals surface area contributed by atoms with E-state index in [0.717, 1.165) is 13.1 Å². The van der Waals surface area contributed by atoms with Gasteiger partial charge in [0, 0.05) is 25.2 Å². The van der Waals surface area contributed by atoms with Gasteiger partial charge in [0.1, 0.15) is 6.07 Å². The molecule has 0 unspecified atom stereocenters. The third kappa shape index (κ3) is 4.39. The minimum absolute atomic E-state index is 0.125. The van der Waals surface area contributed by atoms with Gasteiger partial charge in [0.25, 0.3) is 0 Å². The monoisotopic (exact) mass is 331 g/mol. The second-order valence-electron chi connectivity index (χ2n) is 6.55. The van der Waals surface area contributed by atoms with Gasteiger partial charge in [0.15, 0.2) is 11.5 Å². The van der Waals surface area contributed by atoms with Crippen molar-refractivity contribution in [3.8, 4) is 17.6 Å². The first-order valence-corrected chi connectivity index (χ1v) is 8.15. The summed E-state index contributed by atoms with van der Waals surface area (Å²) in [6.07, 6.45) is 1.20. The molecular weight excluding hydrogens is 306 g/mol. The van der Waals surface area contributed by atoms with Gasteiger partial charge in [-0.25, -0.2) is 0 Å². The molecule has 130 valence electrons. The van der Waals surface area contributed by atoms with E-state index >= 15 is 0 Å². The fourth-order valence-electron chi connectivity index (χ4n) is 3.39. The van der Waals surface area contributed by atoms with Crippen LogP contribution in [0.25, 0.3) is 0 Å². The summed E-state index contributed by atoms with van der Waals surface area (Å²) in [5, 5.41) is 12.1. The van der Waals surface area contributed by atoms with E-state index in [1.165, 1.54) is 20.6 Å². The number of hydrogen-bond donors (Lipinski definition) is 1. The lowest BCUT2D eigenvalue weighted by Crippen LogP contribution is -2.42. The molecule has 0 aromatic heterocycles. The number of ether oxygens (including phenoxy) is 2. The highest BCUT2D eigenvalue weighted by molar-refractivity contribution is 5.94. The molecule has 1 saturated heterocycles. The molecule has 1 aromatic carbocycles. The van der Waals surface area contributed by atoms with Crippen molar-refractivity contribution in [2.45, 2.75) is 20.3 Å². The van der Waals surface area contributed by atoms with Crippen LogP contribution in [-0.2, 0) is 4.79 Å². The van der Waals surface area contributed by atoms with Crippen LogP contribution in [0.5, 0.6) is 11.5 Å². The summed E-state index contributed by atoms with van der Waals surface area (Å²) in [4.78, 5) is 14.5. The van der Waals surface area contributed by atoms with Crippen molar-refractivity contribution in [2.24, 2.45) is 11.8 Å². The van der Waals surface area contributed by atoms with E-state index in [9.17, 15) is 10.1 Å². The van der Waals surface area contributed by atoms with Crippen LogP contribution >= 0.6 is 0 Å². The third-order valence-electron chi connectivity index (χ3n) is 4.23. The minimum Gasteiger partial charge on any atom is -0.493 e. The molecule has 0 spiro atoms. The number of carbonyl (C=O) groups excluding carboxylic acids is 1. The molecule has 1 N–H and O–H groups in total. The fraction of sp³-hybridized carbons (Fsp3) is 0.556. The van der Waals surface area contributed by atoms with Crippen molar-refractivity contribution in [3.05, 3.63) is 17.7 Å². The molecule has 6 heteroatoms. The van der Waals surface area contributed by atoms with E-state index in [1.807, 2.05) is 0 Å². The summed E-state index contributed by atoms with van der Waals surface area (Å²) in [6, 6.07) is 5.27. The zero-order valence-corrected chi connectivity index (χ0v) is 14.8. The lowest BCUT2D eigenvalue weighted by Gasteiger charge is -2.34. The topological polar surface area (TPSA) is 74.6 Å². The van der Waals surface area contributed by atoms with E-state index < -0.39 is 0 Å². The van der Waals surface area contributed by atoms with Gasteiger partial charge in [-0.3, -0.25) is 9.69 Å². The fourth-order valence-corrected chi connectivity index (χ4v) is 3.39. The summed E-state index contributed by atoms with van der Waals surface area (Å²) in [7, 11) is 3.03. The van der Waals surface area contributed by atoms with Crippen LogP contribution in [-0.4, -0.2) is 44.7 Å². The first kappa shape index (κ1) is 18.1. The average Bonchev–Trinajstić information content (AvgIpc) is 2.53. The van der Waals surface area contributed by atoms with Gasteiger partial charge in [-0.05, 0) is 18.3 Å². The molecule has 6 nitrogen and oxygen atoms in total. The molecule has 1 heterocycles. The predicted molar refractivity (Wildman–Crippen MR) is 92.3 cm³/mol. The Kier molecular flexibility index (Phi) is 6.04. The Morgan fingerprint density at radius 3 is 2.38 bits per heavy atom. The van der Waals surface area contributed by atoms with Crippen molar-refractivity contribution in [3.63, 3.8) is 0 Å². The number of hydrogen-bond acceptors (Lipinski definition) is 5. The number of benzene rings is 1. The van der Waals surface area contributed by atoms with E-state index in [2.05, 4.69) is 30.1 Å². The van der Waals surface area contributed by atoms with E-state index in [1.54, 1.807) is 12.1 Å². The van der Waals surface area contributed by atoms with Gasteiger partial charge in [-0.1, -0.05) is 13.8 Å².